The average molecular weight is 288 g/mol. The third kappa shape index (κ3) is 6.22. The van der Waals surface area contributed by atoms with Crippen LogP contribution in [0.1, 0.15) is 19.0 Å². The first-order valence-corrected chi connectivity index (χ1v) is 8.45. The fraction of sp³-hybridized carbons (Fsp3) is 0.692. The number of aryl methyl sites for hydroxylation is 1. The van der Waals surface area contributed by atoms with Crippen molar-refractivity contribution in [2.24, 2.45) is 0 Å². The van der Waals surface area contributed by atoms with Crippen molar-refractivity contribution in [2.75, 3.05) is 31.8 Å². The first-order valence-electron chi connectivity index (χ1n) is 6.63. The van der Waals surface area contributed by atoms with Gasteiger partial charge in [0.2, 0.25) is 0 Å². The Hall–Kier alpha value is -0.850. The van der Waals surface area contributed by atoms with Crippen molar-refractivity contribution in [3.05, 3.63) is 24.0 Å². The Bertz CT molecular complexity index is 454. The lowest BCUT2D eigenvalue weighted by molar-refractivity contribution is 0.199. The number of sulfone groups is 1. The number of hydrogen-bond donors (Lipinski definition) is 1. The van der Waals surface area contributed by atoms with Gasteiger partial charge in [-0.05, 0) is 18.6 Å². The molecule has 0 fully saturated rings. The molecule has 0 unspecified atom stereocenters. The molecule has 6 heteroatoms. The van der Waals surface area contributed by atoms with Gasteiger partial charge in [0.05, 0.1) is 12.4 Å². The van der Waals surface area contributed by atoms with Crippen molar-refractivity contribution >= 4 is 9.84 Å². The van der Waals surface area contributed by atoms with Crippen LogP contribution in [-0.2, 0) is 27.7 Å². The van der Waals surface area contributed by atoms with Crippen molar-refractivity contribution in [1.82, 2.24) is 9.88 Å². The monoisotopic (exact) mass is 288 g/mol. The molecule has 0 saturated heterocycles. The van der Waals surface area contributed by atoms with Gasteiger partial charge >= 0.3 is 0 Å². The van der Waals surface area contributed by atoms with Crippen molar-refractivity contribution in [1.29, 1.82) is 0 Å². The molecule has 0 amide bonds. The summed E-state index contributed by atoms with van der Waals surface area (Å²) >= 11 is 0. The van der Waals surface area contributed by atoms with Crippen LogP contribution in [0.5, 0.6) is 0 Å². The number of aromatic nitrogens is 1. The van der Waals surface area contributed by atoms with Gasteiger partial charge in [-0.15, -0.1) is 0 Å². The zero-order chi connectivity index (χ0) is 14.1. The predicted octanol–water partition coefficient (Wildman–Crippen LogP) is 1.05. The summed E-state index contributed by atoms with van der Waals surface area (Å²) in [6.07, 6.45) is 2.65. The van der Waals surface area contributed by atoms with Crippen molar-refractivity contribution in [2.45, 2.75) is 26.4 Å². The summed E-state index contributed by atoms with van der Waals surface area (Å²) in [5.74, 6) is 0.488. The minimum Gasteiger partial charge on any atom is -0.383 e. The van der Waals surface area contributed by atoms with Gasteiger partial charge in [0.25, 0.3) is 0 Å². The van der Waals surface area contributed by atoms with Gasteiger partial charge in [0, 0.05) is 44.4 Å². The molecule has 0 aliphatic heterocycles. The van der Waals surface area contributed by atoms with Crippen LogP contribution in [0.25, 0.3) is 0 Å². The fourth-order valence-corrected chi connectivity index (χ4v) is 2.68. The molecule has 0 bridgehead atoms. The van der Waals surface area contributed by atoms with E-state index in [9.17, 15) is 8.42 Å². The second kappa shape index (κ2) is 8.35. The number of rotatable bonds is 10. The fourth-order valence-electron chi connectivity index (χ4n) is 1.82. The lowest BCUT2D eigenvalue weighted by atomic mass is 10.4. The lowest BCUT2D eigenvalue weighted by Gasteiger charge is -2.10. The average Bonchev–Trinajstić information content (AvgIpc) is 2.82. The van der Waals surface area contributed by atoms with Gasteiger partial charge in [-0.2, -0.15) is 0 Å². The highest BCUT2D eigenvalue weighted by Crippen LogP contribution is 2.04. The van der Waals surface area contributed by atoms with Crippen LogP contribution in [-0.4, -0.2) is 44.8 Å². The summed E-state index contributed by atoms with van der Waals surface area (Å²) < 4.78 is 29.9. The van der Waals surface area contributed by atoms with E-state index in [0.717, 1.165) is 19.6 Å². The van der Waals surface area contributed by atoms with E-state index in [4.69, 9.17) is 4.74 Å². The van der Waals surface area contributed by atoms with E-state index in [-0.39, 0.29) is 11.5 Å². The molecule has 19 heavy (non-hydrogen) atoms. The summed E-state index contributed by atoms with van der Waals surface area (Å²) in [7, 11) is -1.18. The zero-order valence-corrected chi connectivity index (χ0v) is 12.6. The molecule has 0 aliphatic rings. The number of ether oxygens (including phenoxy) is 1. The molecule has 1 N–H and O–H groups in total. The molecular formula is C13H24N2O3S. The van der Waals surface area contributed by atoms with Crippen molar-refractivity contribution in [3.8, 4) is 0 Å². The highest BCUT2D eigenvalue weighted by Gasteiger charge is 2.07. The van der Waals surface area contributed by atoms with Gasteiger partial charge in [-0.3, -0.25) is 0 Å². The number of methoxy groups -OCH3 is 1. The molecule has 1 heterocycles. The van der Waals surface area contributed by atoms with Crippen LogP contribution >= 0.6 is 0 Å². The van der Waals surface area contributed by atoms with Gasteiger partial charge in [0.1, 0.15) is 9.84 Å². The van der Waals surface area contributed by atoms with E-state index in [1.54, 1.807) is 14.0 Å². The van der Waals surface area contributed by atoms with E-state index in [1.807, 2.05) is 18.3 Å². The molecule has 0 aromatic carbocycles. The van der Waals surface area contributed by atoms with Crippen molar-refractivity contribution < 1.29 is 13.2 Å². The maximum atomic E-state index is 11.4. The lowest BCUT2D eigenvalue weighted by Crippen LogP contribution is -2.20. The van der Waals surface area contributed by atoms with Crippen LogP contribution in [0.15, 0.2) is 18.3 Å². The predicted molar refractivity (Wildman–Crippen MR) is 77.0 cm³/mol. The van der Waals surface area contributed by atoms with Crippen LogP contribution in [0.3, 0.4) is 0 Å². The molecule has 1 aromatic rings. The van der Waals surface area contributed by atoms with Crippen LogP contribution in [0.4, 0.5) is 0 Å². The maximum Gasteiger partial charge on any atom is 0.150 e. The number of hydrogen-bond acceptors (Lipinski definition) is 4. The zero-order valence-electron chi connectivity index (χ0n) is 11.8. The van der Waals surface area contributed by atoms with E-state index in [0.29, 0.717) is 13.0 Å². The second-order valence-electron chi connectivity index (χ2n) is 4.45. The summed E-state index contributed by atoms with van der Waals surface area (Å²) in [6, 6.07) is 4.04. The van der Waals surface area contributed by atoms with Gasteiger partial charge in [-0.25, -0.2) is 8.42 Å². The third-order valence-electron chi connectivity index (χ3n) is 3.01. The number of nitrogens with one attached hydrogen (secondary N) is 1. The Labute approximate surface area is 115 Å². The van der Waals surface area contributed by atoms with Crippen molar-refractivity contribution in [3.63, 3.8) is 0 Å². The summed E-state index contributed by atoms with van der Waals surface area (Å²) in [6.45, 7) is 4.71. The largest absolute Gasteiger partial charge is 0.383 e. The van der Waals surface area contributed by atoms with Crippen LogP contribution in [0.2, 0.25) is 0 Å². The standard InChI is InChI=1S/C13H24N2O3S/c1-3-19(16,17)11-5-9-15-8-4-6-13(15)12-14-7-10-18-2/h4,6,8,14H,3,5,7,9-12H2,1-2H3. The van der Waals surface area contributed by atoms with E-state index >= 15 is 0 Å². The highest BCUT2D eigenvalue weighted by molar-refractivity contribution is 7.91. The minimum absolute atomic E-state index is 0.226. The molecule has 5 nitrogen and oxygen atoms in total. The Morgan fingerprint density at radius 3 is 2.89 bits per heavy atom. The molecule has 0 spiro atoms. The summed E-state index contributed by atoms with van der Waals surface area (Å²) in [4.78, 5) is 0. The van der Waals surface area contributed by atoms with E-state index in [2.05, 4.69) is 9.88 Å². The van der Waals surface area contributed by atoms with Gasteiger partial charge < -0.3 is 14.6 Å². The Morgan fingerprint density at radius 1 is 1.42 bits per heavy atom. The van der Waals surface area contributed by atoms with E-state index < -0.39 is 9.84 Å². The first kappa shape index (κ1) is 16.2. The van der Waals surface area contributed by atoms with Gasteiger partial charge in [-0.1, -0.05) is 6.92 Å². The van der Waals surface area contributed by atoms with Gasteiger partial charge in [0.15, 0.2) is 0 Å². The molecule has 0 saturated carbocycles. The Balaban J connectivity index is 2.36. The molecule has 110 valence electrons. The topological polar surface area (TPSA) is 60.3 Å². The number of nitrogens with zero attached hydrogens (tertiary/aromatic N) is 1. The normalized spacial score (nSPS) is 11.9. The summed E-state index contributed by atoms with van der Waals surface area (Å²) in [5.41, 5.74) is 1.17. The summed E-state index contributed by atoms with van der Waals surface area (Å²) in [5, 5.41) is 3.28. The molecule has 1 rings (SSSR count). The Morgan fingerprint density at radius 2 is 2.21 bits per heavy atom. The third-order valence-corrected chi connectivity index (χ3v) is 4.80. The highest BCUT2D eigenvalue weighted by atomic mass is 32.2. The molecule has 0 aliphatic carbocycles. The quantitative estimate of drug-likeness (QED) is 0.654. The molecule has 0 radical (unpaired) electrons. The molecule has 0 atom stereocenters. The van der Waals surface area contributed by atoms with E-state index in [1.165, 1.54) is 5.69 Å². The SMILES string of the molecule is CCS(=O)(=O)CCCn1cccc1CNCCOC. The first-order chi connectivity index (χ1) is 9.09. The molecule has 1 aromatic heterocycles. The minimum atomic E-state index is -2.86. The Kier molecular flexibility index (Phi) is 7.12. The smallest absolute Gasteiger partial charge is 0.150 e. The second-order valence-corrected chi connectivity index (χ2v) is 6.93. The van der Waals surface area contributed by atoms with Crippen LogP contribution in [0, 0.1) is 0 Å². The maximum absolute atomic E-state index is 11.4. The molecular weight excluding hydrogens is 264 g/mol. The van der Waals surface area contributed by atoms with Crippen LogP contribution < -0.4 is 5.32 Å².